The van der Waals surface area contributed by atoms with E-state index in [1.54, 1.807) is 19.2 Å². The third-order valence-electron chi connectivity index (χ3n) is 4.14. The van der Waals surface area contributed by atoms with Crippen LogP contribution in [0, 0.1) is 0 Å². The topological polar surface area (TPSA) is 86.0 Å². The van der Waals surface area contributed by atoms with Gasteiger partial charge in [0.2, 0.25) is 17.6 Å². The van der Waals surface area contributed by atoms with Crippen LogP contribution in [0.4, 0.5) is 0 Å². The number of fused-ring (bicyclic) bond motifs is 2. The molecule has 0 radical (unpaired) electrons. The van der Waals surface area contributed by atoms with E-state index in [0.29, 0.717) is 41.3 Å². The van der Waals surface area contributed by atoms with Gasteiger partial charge in [0, 0.05) is 18.2 Å². The Morgan fingerprint density at radius 3 is 2.90 bits per heavy atom. The summed E-state index contributed by atoms with van der Waals surface area (Å²) in [6.45, 7) is 0. The van der Waals surface area contributed by atoms with Crippen LogP contribution in [-0.2, 0) is 0 Å². The van der Waals surface area contributed by atoms with Crippen LogP contribution >= 0.6 is 0 Å². The van der Waals surface area contributed by atoms with Crippen molar-refractivity contribution in [1.29, 1.82) is 0 Å². The Labute approximate surface area is 115 Å². The third kappa shape index (κ3) is 1.85. The molecule has 1 N–H and O–H groups in total. The van der Waals surface area contributed by atoms with Crippen molar-refractivity contribution in [2.75, 3.05) is 7.11 Å². The summed E-state index contributed by atoms with van der Waals surface area (Å²) in [4.78, 5) is 4.48. The minimum Gasteiger partial charge on any atom is -0.480 e. The molecule has 7 nitrogen and oxygen atoms in total. The molecule has 2 saturated heterocycles. The number of hydrogen-bond acceptors (Lipinski definition) is 7. The molecule has 2 aromatic heterocycles. The first kappa shape index (κ1) is 11.8. The summed E-state index contributed by atoms with van der Waals surface area (Å²) in [5.41, 5.74) is 0.594. The minimum absolute atomic E-state index is 0.334. The van der Waals surface area contributed by atoms with E-state index >= 15 is 0 Å². The Balaban J connectivity index is 1.58. The fourth-order valence-corrected chi connectivity index (χ4v) is 3.14. The Morgan fingerprint density at radius 1 is 1.30 bits per heavy atom. The van der Waals surface area contributed by atoms with Crippen molar-refractivity contribution >= 4 is 0 Å². The van der Waals surface area contributed by atoms with Crippen LogP contribution in [0.1, 0.15) is 31.1 Å². The lowest BCUT2D eigenvalue weighted by atomic mass is 9.89. The molecule has 2 aliphatic rings. The number of rotatable bonds is 3. The summed E-state index contributed by atoms with van der Waals surface area (Å²) in [5, 5.41) is 15.5. The monoisotopic (exact) mass is 273 g/mol. The first-order valence-corrected chi connectivity index (χ1v) is 6.81. The van der Waals surface area contributed by atoms with Crippen LogP contribution in [-0.4, -0.2) is 39.5 Å². The van der Waals surface area contributed by atoms with E-state index in [-0.39, 0.29) is 0 Å². The molecule has 2 aliphatic heterocycles. The molecule has 2 aromatic rings. The van der Waals surface area contributed by atoms with Crippen LogP contribution < -0.4 is 10.1 Å². The number of nitrogens with one attached hydrogen (secondary N) is 1. The van der Waals surface area contributed by atoms with Crippen LogP contribution in [0.5, 0.6) is 5.88 Å². The second-order valence-corrected chi connectivity index (χ2v) is 5.31. The third-order valence-corrected chi connectivity index (χ3v) is 4.14. The molecule has 20 heavy (non-hydrogen) atoms. The zero-order valence-electron chi connectivity index (χ0n) is 11.1. The SMILES string of the molecule is COc1ccc(-c2noc(C3CC4CCC3N4)n2)nn1. The summed E-state index contributed by atoms with van der Waals surface area (Å²) < 4.78 is 10.4. The number of ether oxygens (including phenoxy) is 1. The van der Waals surface area contributed by atoms with Gasteiger partial charge in [0.05, 0.1) is 13.0 Å². The molecular formula is C13H15N5O2. The molecule has 2 fully saturated rings. The molecule has 0 spiro atoms. The van der Waals surface area contributed by atoms with E-state index in [0.717, 1.165) is 6.42 Å². The zero-order valence-corrected chi connectivity index (χ0v) is 11.1. The molecule has 4 rings (SSSR count). The lowest BCUT2D eigenvalue weighted by molar-refractivity contribution is 0.329. The highest BCUT2D eigenvalue weighted by atomic mass is 16.5. The maximum Gasteiger partial charge on any atom is 0.233 e. The molecular weight excluding hydrogens is 258 g/mol. The molecule has 0 amide bonds. The van der Waals surface area contributed by atoms with E-state index in [1.165, 1.54) is 12.8 Å². The van der Waals surface area contributed by atoms with Gasteiger partial charge in [-0.3, -0.25) is 0 Å². The van der Waals surface area contributed by atoms with Crippen molar-refractivity contribution in [3.63, 3.8) is 0 Å². The molecule has 0 aromatic carbocycles. The van der Waals surface area contributed by atoms with Gasteiger partial charge in [0.25, 0.3) is 0 Å². The number of hydrogen-bond donors (Lipinski definition) is 1. The van der Waals surface area contributed by atoms with Crippen LogP contribution in [0.2, 0.25) is 0 Å². The van der Waals surface area contributed by atoms with E-state index in [2.05, 4.69) is 25.7 Å². The fraction of sp³-hybridized carbons (Fsp3) is 0.538. The smallest absolute Gasteiger partial charge is 0.233 e. The van der Waals surface area contributed by atoms with Gasteiger partial charge in [0.1, 0.15) is 5.69 Å². The van der Waals surface area contributed by atoms with E-state index in [1.807, 2.05) is 0 Å². The van der Waals surface area contributed by atoms with E-state index in [9.17, 15) is 0 Å². The summed E-state index contributed by atoms with van der Waals surface area (Å²) >= 11 is 0. The van der Waals surface area contributed by atoms with Gasteiger partial charge in [-0.1, -0.05) is 5.16 Å². The quantitative estimate of drug-likeness (QED) is 0.897. The molecule has 2 bridgehead atoms. The highest BCUT2D eigenvalue weighted by molar-refractivity contribution is 5.47. The lowest BCUT2D eigenvalue weighted by Gasteiger charge is -2.15. The number of nitrogens with zero attached hydrogens (tertiary/aromatic N) is 4. The summed E-state index contributed by atoms with van der Waals surface area (Å²) in [6.07, 6.45) is 3.53. The number of methoxy groups -OCH3 is 1. The average molecular weight is 273 g/mol. The Kier molecular flexibility index (Phi) is 2.66. The van der Waals surface area contributed by atoms with Crippen molar-refractivity contribution < 1.29 is 9.26 Å². The fourth-order valence-electron chi connectivity index (χ4n) is 3.14. The van der Waals surface area contributed by atoms with Crippen molar-refractivity contribution in [1.82, 2.24) is 25.7 Å². The lowest BCUT2D eigenvalue weighted by Crippen LogP contribution is -2.21. The van der Waals surface area contributed by atoms with Crippen molar-refractivity contribution in [3.8, 4) is 17.4 Å². The maximum atomic E-state index is 5.41. The van der Waals surface area contributed by atoms with Gasteiger partial charge >= 0.3 is 0 Å². The van der Waals surface area contributed by atoms with Gasteiger partial charge < -0.3 is 14.6 Å². The minimum atomic E-state index is 0.334. The van der Waals surface area contributed by atoms with Crippen LogP contribution in [0.25, 0.3) is 11.5 Å². The maximum absolute atomic E-state index is 5.41. The zero-order chi connectivity index (χ0) is 13.5. The standard InChI is InChI=1S/C13H15N5O2/c1-19-11-5-4-10(16-17-11)12-15-13(20-18-12)8-6-7-2-3-9(8)14-7/h4-5,7-9,14H,2-3,6H2,1H3. The highest BCUT2D eigenvalue weighted by Gasteiger charge is 2.42. The number of aromatic nitrogens is 4. The largest absolute Gasteiger partial charge is 0.480 e. The Morgan fingerprint density at radius 2 is 2.25 bits per heavy atom. The first-order chi connectivity index (χ1) is 9.83. The normalized spacial score (nSPS) is 27.9. The predicted octanol–water partition coefficient (Wildman–Crippen LogP) is 1.14. The van der Waals surface area contributed by atoms with Crippen molar-refractivity contribution in [2.24, 2.45) is 0 Å². The van der Waals surface area contributed by atoms with Gasteiger partial charge in [-0.05, 0) is 25.3 Å². The molecule has 4 heterocycles. The first-order valence-electron chi connectivity index (χ1n) is 6.81. The van der Waals surface area contributed by atoms with Gasteiger partial charge in [-0.2, -0.15) is 4.98 Å². The van der Waals surface area contributed by atoms with Crippen LogP contribution in [0.3, 0.4) is 0 Å². The second kappa shape index (κ2) is 4.52. The van der Waals surface area contributed by atoms with Gasteiger partial charge in [-0.15, -0.1) is 10.2 Å². The Bertz CT molecular complexity index is 611. The van der Waals surface area contributed by atoms with Gasteiger partial charge in [0.15, 0.2) is 0 Å². The van der Waals surface area contributed by atoms with Crippen LogP contribution in [0.15, 0.2) is 16.7 Å². The molecule has 3 atom stereocenters. The average Bonchev–Trinajstić information content (AvgIpc) is 3.23. The molecule has 0 saturated carbocycles. The molecule has 104 valence electrons. The van der Waals surface area contributed by atoms with Crippen molar-refractivity contribution in [2.45, 2.75) is 37.3 Å². The summed E-state index contributed by atoms with van der Waals surface area (Å²) in [7, 11) is 1.55. The van der Waals surface area contributed by atoms with E-state index in [4.69, 9.17) is 9.26 Å². The highest BCUT2D eigenvalue weighted by Crippen LogP contribution is 2.39. The van der Waals surface area contributed by atoms with E-state index < -0.39 is 0 Å². The Hall–Kier alpha value is -2.02. The second-order valence-electron chi connectivity index (χ2n) is 5.31. The predicted molar refractivity (Wildman–Crippen MR) is 69.2 cm³/mol. The molecule has 7 heteroatoms. The van der Waals surface area contributed by atoms with Gasteiger partial charge in [-0.25, -0.2) is 0 Å². The van der Waals surface area contributed by atoms with Crippen molar-refractivity contribution in [3.05, 3.63) is 18.0 Å². The molecule has 0 aliphatic carbocycles. The summed E-state index contributed by atoms with van der Waals surface area (Å²) in [5.74, 6) is 1.99. The molecule has 3 unspecified atom stereocenters. The summed E-state index contributed by atoms with van der Waals surface area (Å²) in [6, 6.07) is 4.60.